The number of sulfone groups is 1. The lowest BCUT2D eigenvalue weighted by molar-refractivity contribution is 0.613. The van der Waals surface area contributed by atoms with Crippen molar-refractivity contribution in [1.29, 1.82) is 0 Å². The largest absolute Gasteiger partial charge is 0.248 e. The van der Waals surface area contributed by atoms with Crippen LogP contribution in [0.3, 0.4) is 0 Å². The predicted octanol–water partition coefficient (Wildman–Crippen LogP) is 1.43. The van der Waals surface area contributed by atoms with E-state index in [1.807, 2.05) is 6.92 Å². The lowest BCUT2D eigenvalue weighted by atomic mass is 10.7. The van der Waals surface area contributed by atoms with Crippen LogP contribution in [0.1, 0.15) is 13.8 Å². The molecule has 0 radical (unpaired) electrons. The molecule has 1 rings (SSSR count). The molecule has 0 aromatic heterocycles. The lowest BCUT2D eigenvalue weighted by Crippen LogP contribution is -2.10. The van der Waals surface area contributed by atoms with Gasteiger partial charge in [-0.2, -0.15) is 11.8 Å². The minimum Gasteiger partial charge on any atom is -0.248 e. The van der Waals surface area contributed by atoms with Crippen molar-refractivity contribution in [2.45, 2.75) is 13.8 Å². The molecule has 0 aliphatic carbocycles. The van der Waals surface area contributed by atoms with Gasteiger partial charge in [0.05, 0.1) is 4.91 Å². The lowest BCUT2D eigenvalue weighted by Gasteiger charge is -1.99. The second-order valence-corrected chi connectivity index (χ2v) is 5.78. The molecule has 0 fully saturated rings. The van der Waals surface area contributed by atoms with Crippen molar-refractivity contribution in [2.24, 2.45) is 4.99 Å². The summed E-state index contributed by atoms with van der Waals surface area (Å²) < 4.78 is 22.8. The van der Waals surface area contributed by atoms with E-state index in [2.05, 4.69) is 4.99 Å². The summed E-state index contributed by atoms with van der Waals surface area (Å²) in [6.07, 6.45) is 1.45. The van der Waals surface area contributed by atoms with E-state index in [0.717, 1.165) is 5.75 Å². The Balaban J connectivity index is 2.74. The third-order valence-electron chi connectivity index (χ3n) is 1.57. The fraction of sp³-hybridized carbons (Fsp3) is 0.571. The van der Waals surface area contributed by atoms with E-state index in [-0.39, 0.29) is 5.04 Å². The monoisotopic (exact) mass is 205 g/mol. The molecule has 1 aliphatic heterocycles. The van der Waals surface area contributed by atoms with Gasteiger partial charge in [0.2, 0.25) is 9.84 Å². The quantitative estimate of drug-likeness (QED) is 0.700. The number of hydrogen-bond acceptors (Lipinski definition) is 4. The molecule has 0 atom stereocenters. The molecule has 0 aromatic rings. The van der Waals surface area contributed by atoms with Crippen LogP contribution in [0.15, 0.2) is 16.1 Å². The minimum absolute atomic E-state index is 0.217. The van der Waals surface area contributed by atoms with Gasteiger partial charge in [-0.3, -0.25) is 0 Å². The van der Waals surface area contributed by atoms with Gasteiger partial charge in [-0.25, -0.2) is 13.4 Å². The van der Waals surface area contributed by atoms with E-state index in [0.29, 0.717) is 10.7 Å². The molecule has 5 heteroatoms. The zero-order chi connectivity index (χ0) is 9.19. The highest BCUT2D eigenvalue weighted by Crippen LogP contribution is 2.20. The number of rotatable bonds is 3. The topological polar surface area (TPSA) is 46.5 Å². The number of nitrogens with zero attached hydrogens (tertiary/aromatic N) is 1. The van der Waals surface area contributed by atoms with Crippen LogP contribution < -0.4 is 0 Å². The Bertz CT molecular complexity index is 327. The molecule has 0 saturated heterocycles. The van der Waals surface area contributed by atoms with Crippen LogP contribution in [-0.2, 0) is 9.84 Å². The van der Waals surface area contributed by atoms with E-state index >= 15 is 0 Å². The Kier molecular flexibility index (Phi) is 2.95. The van der Waals surface area contributed by atoms with E-state index in [4.69, 9.17) is 0 Å². The zero-order valence-corrected chi connectivity index (χ0v) is 8.70. The van der Waals surface area contributed by atoms with Crippen LogP contribution >= 0.6 is 11.8 Å². The predicted molar refractivity (Wildman–Crippen MR) is 53.1 cm³/mol. The summed E-state index contributed by atoms with van der Waals surface area (Å²) >= 11 is 1.59. The van der Waals surface area contributed by atoms with Gasteiger partial charge in [0.25, 0.3) is 0 Å². The number of hydrogen-bond donors (Lipinski definition) is 0. The third-order valence-corrected chi connectivity index (χ3v) is 4.50. The van der Waals surface area contributed by atoms with E-state index in [1.54, 1.807) is 11.8 Å². The zero-order valence-electron chi connectivity index (χ0n) is 7.07. The summed E-state index contributed by atoms with van der Waals surface area (Å²) in [7, 11) is -3.15. The molecule has 1 aliphatic rings. The van der Waals surface area contributed by atoms with Crippen molar-refractivity contribution in [3.8, 4) is 0 Å². The summed E-state index contributed by atoms with van der Waals surface area (Å²) in [6.45, 7) is 3.52. The molecule has 0 amide bonds. The molecule has 1 heterocycles. The molecule has 68 valence electrons. The highest BCUT2D eigenvalue weighted by molar-refractivity contribution is 8.11. The summed E-state index contributed by atoms with van der Waals surface area (Å²) in [5.74, 6) is 1.46. The second-order valence-electron chi connectivity index (χ2n) is 2.38. The minimum atomic E-state index is -3.15. The normalized spacial score (nSPS) is 20.5. The van der Waals surface area contributed by atoms with Crippen molar-refractivity contribution in [2.75, 3.05) is 11.5 Å². The van der Waals surface area contributed by atoms with Gasteiger partial charge in [0.1, 0.15) is 5.04 Å². The first-order valence-corrected chi connectivity index (χ1v) is 6.29. The van der Waals surface area contributed by atoms with Crippen LogP contribution in [0.4, 0.5) is 0 Å². The standard InChI is InChI=1S/C7H11NO2S2/c1-3-11-5-7-4-8-6(2)12(7,9)10/h4H,3,5H2,1-2H3. The maximum absolute atomic E-state index is 11.4. The van der Waals surface area contributed by atoms with Gasteiger partial charge >= 0.3 is 0 Å². The fourth-order valence-corrected chi connectivity index (χ4v) is 2.92. The van der Waals surface area contributed by atoms with Gasteiger partial charge < -0.3 is 0 Å². The molecule has 3 nitrogen and oxygen atoms in total. The molecule has 0 spiro atoms. The fourth-order valence-electron chi connectivity index (χ4n) is 0.809. The maximum Gasteiger partial charge on any atom is 0.218 e. The Morgan fingerprint density at radius 2 is 2.25 bits per heavy atom. The van der Waals surface area contributed by atoms with Gasteiger partial charge in [0, 0.05) is 12.0 Å². The smallest absolute Gasteiger partial charge is 0.218 e. The van der Waals surface area contributed by atoms with Crippen LogP contribution in [0.2, 0.25) is 0 Å². The van der Waals surface area contributed by atoms with E-state index < -0.39 is 9.84 Å². The van der Waals surface area contributed by atoms with Gasteiger partial charge in [0.15, 0.2) is 0 Å². The van der Waals surface area contributed by atoms with Crippen molar-refractivity contribution in [3.63, 3.8) is 0 Å². The molecule has 0 N–H and O–H groups in total. The molecule has 0 bridgehead atoms. The first kappa shape index (κ1) is 9.80. The maximum atomic E-state index is 11.4. The van der Waals surface area contributed by atoms with E-state index in [9.17, 15) is 8.42 Å². The Hall–Kier alpha value is -0.290. The molecule has 0 aromatic carbocycles. The number of aliphatic imine (C=N–C) groups is 1. The summed E-state index contributed by atoms with van der Waals surface area (Å²) in [5.41, 5.74) is 0. The molecular formula is C7H11NO2S2. The van der Waals surface area contributed by atoms with Gasteiger partial charge in [-0.1, -0.05) is 6.92 Å². The van der Waals surface area contributed by atoms with Gasteiger partial charge in [-0.05, 0) is 12.7 Å². The first-order valence-electron chi connectivity index (χ1n) is 3.65. The summed E-state index contributed by atoms with van der Waals surface area (Å²) in [5, 5.41) is 0.217. The molecular weight excluding hydrogens is 194 g/mol. The van der Waals surface area contributed by atoms with Crippen LogP contribution in [-0.4, -0.2) is 25.0 Å². The highest BCUT2D eigenvalue weighted by atomic mass is 32.2. The number of thioether (sulfide) groups is 1. The summed E-state index contributed by atoms with van der Waals surface area (Å²) in [6, 6.07) is 0. The highest BCUT2D eigenvalue weighted by Gasteiger charge is 2.25. The van der Waals surface area contributed by atoms with Crippen molar-refractivity contribution < 1.29 is 8.42 Å². The van der Waals surface area contributed by atoms with Crippen molar-refractivity contribution in [1.82, 2.24) is 0 Å². The van der Waals surface area contributed by atoms with Crippen molar-refractivity contribution >= 4 is 26.6 Å². The molecule has 0 unspecified atom stereocenters. The average Bonchev–Trinajstić information content (AvgIpc) is 2.25. The Labute approximate surface area is 76.9 Å². The average molecular weight is 205 g/mol. The van der Waals surface area contributed by atoms with E-state index in [1.165, 1.54) is 13.1 Å². The SMILES string of the molecule is CCSCC1=CN=C(C)S1(=O)=O. The molecule has 12 heavy (non-hydrogen) atoms. The van der Waals surface area contributed by atoms with Gasteiger partial charge in [-0.15, -0.1) is 0 Å². The van der Waals surface area contributed by atoms with Crippen LogP contribution in [0, 0.1) is 0 Å². The Morgan fingerprint density at radius 1 is 1.58 bits per heavy atom. The van der Waals surface area contributed by atoms with Crippen molar-refractivity contribution in [3.05, 3.63) is 11.1 Å². The first-order chi connectivity index (χ1) is 5.59. The van der Waals surface area contributed by atoms with Crippen LogP contribution in [0.25, 0.3) is 0 Å². The second kappa shape index (κ2) is 3.62. The third kappa shape index (κ3) is 1.72. The van der Waals surface area contributed by atoms with Crippen LogP contribution in [0.5, 0.6) is 0 Å². The Morgan fingerprint density at radius 3 is 2.67 bits per heavy atom. The molecule has 0 saturated carbocycles. The summed E-state index contributed by atoms with van der Waals surface area (Å²) in [4.78, 5) is 4.21.